The molecule has 1 aromatic carbocycles. The molecule has 2 fully saturated rings. The van der Waals surface area contributed by atoms with Crippen LogP contribution in [-0.2, 0) is 11.3 Å². The highest BCUT2D eigenvalue weighted by Gasteiger charge is 2.42. The summed E-state index contributed by atoms with van der Waals surface area (Å²) in [4.78, 5) is 18.8. The van der Waals surface area contributed by atoms with Crippen molar-refractivity contribution in [1.29, 1.82) is 0 Å². The molecular weight excluding hydrogens is 314 g/mol. The number of carbonyl (C=O) groups is 1. The lowest BCUT2D eigenvalue weighted by Crippen LogP contribution is -2.39. The summed E-state index contributed by atoms with van der Waals surface area (Å²) in [5, 5.41) is 3.05. The van der Waals surface area contributed by atoms with Crippen LogP contribution in [0.1, 0.15) is 18.4 Å². The van der Waals surface area contributed by atoms with Gasteiger partial charge in [-0.2, -0.15) is 0 Å². The first-order chi connectivity index (χ1) is 12.2. The highest BCUT2D eigenvalue weighted by molar-refractivity contribution is 5.74. The Hall–Kier alpha value is -2.40. The Balaban J connectivity index is 1.36. The van der Waals surface area contributed by atoms with Gasteiger partial charge in [0.15, 0.2) is 0 Å². The maximum absolute atomic E-state index is 12.5. The van der Waals surface area contributed by atoms with Gasteiger partial charge >= 0.3 is 6.03 Å². The molecule has 130 valence electrons. The lowest BCUT2D eigenvalue weighted by molar-refractivity contribution is 0.152. The van der Waals surface area contributed by atoms with Gasteiger partial charge < -0.3 is 15.0 Å². The molecule has 2 aromatic rings. The molecule has 4 rings (SSSR count). The zero-order valence-corrected chi connectivity index (χ0v) is 14.3. The first-order valence-electron chi connectivity index (χ1n) is 8.85. The summed E-state index contributed by atoms with van der Waals surface area (Å²) in [5.74, 6) is 0. The fourth-order valence-electron chi connectivity index (χ4n) is 3.74. The second-order valence-electron chi connectivity index (χ2n) is 7.05. The van der Waals surface area contributed by atoms with Crippen LogP contribution in [0.4, 0.5) is 4.79 Å². The van der Waals surface area contributed by atoms with E-state index in [-0.39, 0.29) is 11.4 Å². The quantitative estimate of drug-likeness (QED) is 0.936. The number of likely N-dealkylation sites (tertiary alicyclic amines) is 1. The minimum Gasteiger partial charge on any atom is -0.381 e. The van der Waals surface area contributed by atoms with E-state index >= 15 is 0 Å². The Morgan fingerprint density at radius 1 is 1.24 bits per heavy atom. The largest absolute Gasteiger partial charge is 0.381 e. The normalized spacial score (nSPS) is 22.5. The predicted octanol–water partition coefficient (Wildman–Crippen LogP) is 3.07. The Bertz CT molecular complexity index is 742. The van der Waals surface area contributed by atoms with Crippen molar-refractivity contribution in [2.75, 3.05) is 26.3 Å². The van der Waals surface area contributed by atoms with Gasteiger partial charge in [-0.3, -0.25) is 4.98 Å². The summed E-state index contributed by atoms with van der Waals surface area (Å²) in [6.07, 6.45) is 3.91. The van der Waals surface area contributed by atoms with Gasteiger partial charge in [-0.25, -0.2) is 4.79 Å². The number of hydrogen-bond donors (Lipinski definition) is 1. The van der Waals surface area contributed by atoms with Crippen molar-refractivity contribution in [3.8, 4) is 11.3 Å². The van der Waals surface area contributed by atoms with E-state index in [9.17, 15) is 4.79 Å². The standard InChI is InChI=1S/C20H23N3O2/c24-19(23-10-7-20(14-23)8-11-25-15-20)22-13-16-4-3-5-17(12-16)18-6-1-2-9-21-18/h1-6,9,12H,7-8,10-11,13-15H2,(H,22,24). The lowest BCUT2D eigenvalue weighted by Gasteiger charge is -2.22. The van der Waals surface area contributed by atoms with Gasteiger partial charge in [-0.1, -0.05) is 24.3 Å². The van der Waals surface area contributed by atoms with Crippen molar-refractivity contribution in [1.82, 2.24) is 15.2 Å². The third-order valence-electron chi connectivity index (χ3n) is 5.24. The van der Waals surface area contributed by atoms with Crippen LogP contribution < -0.4 is 5.32 Å². The van der Waals surface area contributed by atoms with Crippen molar-refractivity contribution in [2.24, 2.45) is 5.41 Å². The molecular formula is C20H23N3O2. The SMILES string of the molecule is O=C(NCc1cccc(-c2ccccn2)c1)N1CCC2(CCOC2)C1. The van der Waals surface area contributed by atoms with Crippen LogP contribution >= 0.6 is 0 Å². The summed E-state index contributed by atoms with van der Waals surface area (Å²) in [7, 11) is 0. The number of hydrogen-bond acceptors (Lipinski definition) is 3. The number of nitrogens with one attached hydrogen (secondary N) is 1. The van der Waals surface area contributed by atoms with E-state index in [1.165, 1.54) is 0 Å². The third kappa shape index (κ3) is 3.51. The molecule has 2 saturated heterocycles. The number of pyridine rings is 1. The van der Waals surface area contributed by atoms with Crippen molar-refractivity contribution >= 4 is 6.03 Å². The molecule has 0 saturated carbocycles. The van der Waals surface area contributed by atoms with Crippen molar-refractivity contribution in [2.45, 2.75) is 19.4 Å². The fourth-order valence-corrected chi connectivity index (χ4v) is 3.74. The number of benzene rings is 1. The number of carbonyl (C=O) groups excluding carboxylic acids is 1. The molecule has 1 atom stereocenters. The summed E-state index contributed by atoms with van der Waals surface area (Å²) in [6.45, 7) is 3.79. The van der Waals surface area contributed by atoms with Crippen molar-refractivity contribution in [3.05, 3.63) is 54.2 Å². The minimum atomic E-state index is 0.0204. The zero-order chi connectivity index (χ0) is 17.1. The van der Waals surface area contributed by atoms with Gasteiger partial charge in [0.05, 0.1) is 12.3 Å². The molecule has 5 nitrogen and oxygen atoms in total. The van der Waals surface area contributed by atoms with Crippen LogP contribution in [0.25, 0.3) is 11.3 Å². The van der Waals surface area contributed by atoms with Gasteiger partial charge in [0.1, 0.15) is 0 Å². The molecule has 3 heterocycles. The number of rotatable bonds is 3. The van der Waals surface area contributed by atoms with E-state index in [0.29, 0.717) is 6.54 Å². The monoisotopic (exact) mass is 337 g/mol. The Labute approximate surface area is 148 Å². The van der Waals surface area contributed by atoms with E-state index in [2.05, 4.69) is 16.4 Å². The van der Waals surface area contributed by atoms with E-state index < -0.39 is 0 Å². The molecule has 2 aliphatic heterocycles. The van der Waals surface area contributed by atoms with Crippen LogP contribution in [0.5, 0.6) is 0 Å². The fraction of sp³-hybridized carbons (Fsp3) is 0.400. The first kappa shape index (κ1) is 16.1. The number of nitrogens with zero attached hydrogens (tertiary/aromatic N) is 2. The molecule has 0 aliphatic carbocycles. The van der Waals surface area contributed by atoms with Crippen molar-refractivity contribution in [3.63, 3.8) is 0 Å². The topological polar surface area (TPSA) is 54.5 Å². The number of amides is 2. The highest BCUT2D eigenvalue weighted by Crippen LogP contribution is 2.38. The van der Waals surface area contributed by atoms with E-state index in [1.807, 2.05) is 41.3 Å². The summed E-state index contributed by atoms with van der Waals surface area (Å²) >= 11 is 0. The highest BCUT2D eigenvalue weighted by atomic mass is 16.5. The number of ether oxygens (including phenoxy) is 1. The Morgan fingerprint density at radius 2 is 2.20 bits per heavy atom. The van der Waals surface area contributed by atoms with E-state index in [4.69, 9.17) is 4.74 Å². The van der Waals surface area contributed by atoms with Crippen LogP contribution in [0.2, 0.25) is 0 Å². The Kier molecular flexibility index (Phi) is 4.40. The lowest BCUT2D eigenvalue weighted by atomic mass is 9.87. The zero-order valence-electron chi connectivity index (χ0n) is 14.3. The van der Waals surface area contributed by atoms with Crippen molar-refractivity contribution < 1.29 is 9.53 Å². The first-order valence-corrected chi connectivity index (χ1v) is 8.85. The van der Waals surface area contributed by atoms with E-state index in [1.54, 1.807) is 6.20 Å². The molecule has 1 N–H and O–H groups in total. The molecule has 5 heteroatoms. The maximum Gasteiger partial charge on any atom is 0.317 e. The Morgan fingerprint density at radius 3 is 3.00 bits per heavy atom. The summed E-state index contributed by atoms with van der Waals surface area (Å²) < 4.78 is 5.53. The van der Waals surface area contributed by atoms with Crippen LogP contribution in [0.15, 0.2) is 48.7 Å². The smallest absolute Gasteiger partial charge is 0.317 e. The molecule has 2 aliphatic rings. The number of urea groups is 1. The summed E-state index contributed by atoms with van der Waals surface area (Å²) in [5.41, 5.74) is 3.29. The molecule has 2 amide bonds. The second-order valence-corrected chi connectivity index (χ2v) is 7.05. The average molecular weight is 337 g/mol. The summed E-state index contributed by atoms with van der Waals surface area (Å²) in [6, 6.07) is 14.1. The van der Waals surface area contributed by atoms with E-state index in [0.717, 1.165) is 56.0 Å². The number of aromatic nitrogens is 1. The molecule has 25 heavy (non-hydrogen) atoms. The minimum absolute atomic E-state index is 0.0204. The predicted molar refractivity (Wildman–Crippen MR) is 96.0 cm³/mol. The van der Waals surface area contributed by atoms with Crippen LogP contribution in [-0.4, -0.2) is 42.2 Å². The maximum atomic E-state index is 12.5. The van der Waals surface area contributed by atoms with Gasteiger partial charge in [0, 0.05) is 43.4 Å². The molecule has 1 spiro atoms. The molecule has 0 bridgehead atoms. The van der Waals surface area contributed by atoms with Crippen LogP contribution in [0, 0.1) is 5.41 Å². The molecule has 1 aromatic heterocycles. The third-order valence-corrected chi connectivity index (χ3v) is 5.24. The van der Waals surface area contributed by atoms with Gasteiger partial charge in [-0.05, 0) is 36.6 Å². The van der Waals surface area contributed by atoms with Gasteiger partial charge in [0.2, 0.25) is 0 Å². The second kappa shape index (κ2) is 6.84. The van der Waals surface area contributed by atoms with Crippen LogP contribution in [0.3, 0.4) is 0 Å². The van der Waals surface area contributed by atoms with Gasteiger partial charge in [0.25, 0.3) is 0 Å². The average Bonchev–Trinajstić information content (AvgIpc) is 3.31. The van der Waals surface area contributed by atoms with Gasteiger partial charge in [-0.15, -0.1) is 0 Å². The molecule has 1 unspecified atom stereocenters. The molecule has 0 radical (unpaired) electrons.